The second-order valence-electron chi connectivity index (χ2n) is 9.39. The van der Waals surface area contributed by atoms with Crippen molar-refractivity contribution in [2.45, 2.75) is 0 Å². The van der Waals surface area contributed by atoms with Crippen LogP contribution in [0.4, 0.5) is 0 Å². The molecule has 0 amide bonds. The molecule has 0 fully saturated rings. The van der Waals surface area contributed by atoms with E-state index in [0.29, 0.717) is 38.5 Å². The van der Waals surface area contributed by atoms with Crippen LogP contribution >= 0.6 is 31.9 Å². The van der Waals surface area contributed by atoms with E-state index >= 15 is 0 Å². The van der Waals surface area contributed by atoms with Gasteiger partial charge in [-0.05, 0) is 58.5 Å². The van der Waals surface area contributed by atoms with Gasteiger partial charge in [-0.3, -0.25) is 14.4 Å². The Bertz CT molecular complexity index is 2210. The predicted molar refractivity (Wildman–Crippen MR) is 165 cm³/mol. The van der Waals surface area contributed by atoms with Crippen LogP contribution in [0.3, 0.4) is 0 Å². The molecule has 6 heteroatoms. The number of benzene rings is 5. The first-order valence-electron chi connectivity index (χ1n) is 12.3. The zero-order valence-electron chi connectivity index (χ0n) is 20.2. The first-order chi connectivity index (χ1) is 19.0. The minimum atomic E-state index is -0.417. The summed E-state index contributed by atoms with van der Waals surface area (Å²) in [5, 5.41) is 2.05. The molecule has 4 nitrogen and oxygen atoms in total. The number of hydrogen-bond donors (Lipinski definition) is 0. The summed E-state index contributed by atoms with van der Waals surface area (Å²) in [7, 11) is 0. The molecule has 7 rings (SSSR count). The Labute approximate surface area is 239 Å². The summed E-state index contributed by atoms with van der Waals surface area (Å²) in [5.41, 5.74) is 3.58. The average molecular weight is 635 g/mol. The lowest BCUT2D eigenvalue weighted by Crippen LogP contribution is -2.23. The average Bonchev–Trinajstić information content (AvgIpc) is 3.45. The maximum atomic E-state index is 14.4. The zero-order valence-corrected chi connectivity index (χ0v) is 23.4. The third kappa shape index (κ3) is 3.45. The number of hydrogen-bond acceptors (Lipinski definition) is 3. The molecule has 39 heavy (non-hydrogen) atoms. The fourth-order valence-electron chi connectivity index (χ4n) is 5.70. The molecule has 1 aromatic heterocycles. The van der Waals surface area contributed by atoms with Crippen molar-refractivity contribution in [2.24, 2.45) is 0 Å². The SMILES string of the molecule is O=c1cccc2cc3c(-c4ccccc4Br)c4c(=O)n(-c5ccccc5)c(=O)c4c(-c4ccccc4Br)c3c1-2. The molecule has 0 atom stereocenters. The molecule has 0 aliphatic heterocycles. The van der Waals surface area contributed by atoms with E-state index < -0.39 is 11.1 Å². The highest BCUT2D eigenvalue weighted by Gasteiger charge is 2.30. The molecule has 0 saturated heterocycles. The number of halogens is 2. The molecule has 0 saturated carbocycles. The Morgan fingerprint density at radius 1 is 0.513 bits per heavy atom. The van der Waals surface area contributed by atoms with Crippen LogP contribution in [0.2, 0.25) is 0 Å². The van der Waals surface area contributed by atoms with Crippen molar-refractivity contribution < 1.29 is 0 Å². The van der Waals surface area contributed by atoms with E-state index in [1.54, 1.807) is 36.4 Å². The molecular formula is C33H17Br2NO3. The second-order valence-corrected chi connectivity index (χ2v) is 11.1. The lowest BCUT2D eigenvalue weighted by atomic mass is 9.88. The van der Waals surface area contributed by atoms with Crippen molar-refractivity contribution in [3.63, 3.8) is 0 Å². The van der Waals surface area contributed by atoms with Crippen molar-refractivity contribution in [2.75, 3.05) is 0 Å². The molecule has 0 bridgehead atoms. The second kappa shape index (κ2) is 8.97. The van der Waals surface area contributed by atoms with Gasteiger partial charge >= 0.3 is 0 Å². The van der Waals surface area contributed by atoms with Crippen LogP contribution in [0.5, 0.6) is 0 Å². The summed E-state index contributed by atoms with van der Waals surface area (Å²) in [6.07, 6.45) is 0. The van der Waals surface area contributed by atoms with Crippen LogP contribution in [-0.2, 0) is 0 Å². The number of para-hydroxylation sites is 1. The van der Waals surface area contributed by atoms with Crippen LogP contribution in [0, 0.1) is 0 Å². The van der Waals surface area contributed by atoms with Crippen LogP contribution in [0.15, 0.2) is 126 Å². The van der Waals surface area contributed by atoms with Gasteiger partial charge in [0.2, 0.25) is 0 Å². The third-order valence-electron chi connectivity index (χ3n) is 7.28. The topological polar surface area (TPSA) is 56.1 Å². The normalized spacial score (nSPS) is 11.6. The van der Waals surface area contributed by atoms with E-state index in [1.807, 2.05) is 66.7 Å². The predicted octanol–water partition coefficient (Wildman–Crippen LogP) is 7.70. The lowest BCUT2D eigenvalue weighted by Gasteiger charge is -2.14. The van der Waals surface area contributed by atoms with Crippen molar-refractivity contribution in [3.8, 4) is 39.1 Å². The fraction of sp³-hybridized carbons (Fsp3) is 0. The highest BCUT2D eigenvalue weighted by molar-refractivity contribution is 9.11. The molecule has 0 unspecified atom stereocenters. The summed E-state index contributed by atoms with van der Waals surface area (Å²) in [6, 6.07) is 31.3. The van der Waals surface area contributed by atoms with Gasteiger partial charge in [-0.15, -0.1) is 0 Å². The van der Waals surface area contributed by atoms with Crippen molar-refractivity contribution in [3.05, 3.63) is 143 Å². The van der Waals surface area contributed by atoms with Gasteiger partial charge in [0.1, 0.15) is 0 Å². The Hall–Kier alpha value is -4.13. The monoisotopic (exact) mass is 633 g/mol. The largest absolute Gasteiger partial charge is 0.289 e. The number of nitrogens with zero attached hydrogens (tertiary/aromatic N) is 1. The van der Waals surface area contributed by atoms with Gasteiger partial charge in [0, 0.05) is 31.0 Å². The van der Waals surface area contributed by atoms with Gasteiger partial charge in [-0.1, -0.05) is 98.6 Å². The van der Waals surface area contributed by atoms with E-state index in [-0.39, 0.29) is 5.43 Å². The smallest absolute Gasteiger partial charge is 0.266 e. The van der Waals surface area contributed by atoms with Gasteiger partial charge < -0.3 is 0 Å². The minimum Gasteiger partial charge on any atom is -0.289 e. The van der Waals surface area contributed by atoms with E-state index in [0.717, 1.165) is 31.0 Å². The summed E-state index contributed by atoms with van der Waals surface area (Å²) >= 11 is 7.35. The van der Waals surface area contributed by atoms with Gasteiger partial charge in [-0.25, -0.2) is 4.57 Å². The summed E-state index contributed by atoms with van der Waals surface area (Å²) in [5.74, 6) is 0. The molecule has 2 aliphatic carbocycles. The Morgan fingerprint density at radius 2 is 1.08 bits per heavy atom. The van der Waals surface area contributed by atoms with Gasteiger partial charge in [0.25, 0.3) is 11.1 Å². The van der Waals surface area contributed by atoms with E-state index in [1.165, 1.54) is 4.57 Å². The highest BCUT2D eigenvalue weighted by atomic mass is 79.9. The van der Waals surface area contributed by atoms with Gasteiger partial charge in [-0.2, -0.15) is 0 Å². The molecule has 1 heterocycles. The molecule has 186 valence electrons. The Kier molecular flexibility index (Phi) is 5.51. The molecule has 0 radical (unpaired) electrons. The van der Waals surface area contributed by atoms with Crippen molar-refractivity contribution >= 4 is 53.4 Å². The van der Waals surface area contributed by atoms with Gasteiger partial charge in [0.15, 0.2) is 5.43 Å². The van der Waals surface area contributed by atoms with Crippen LogP contribution in [0.25, 0.3) is 60.6 Å². The van der Waals surface area contributed by atoms with E-state index in [4.69, 9.17) is 0 Å². The fourth-order valence-corrected chi connectivity index (χ4v) is 6.66. The van der Waals surface area contributed by atoms with Crippen LogP contribution in [-0.4, -0.2) is 4.57 Å². The zero-order chi connectivity index (χ0) is 26.8. The summed E-state index contributed by atoms with van der Waals surface area (Å²) in [4.78, 5) is 42.1. The highest BCUT2D eigenvalue weighted by Crippen LogP contribution is 2.49. The quantitative estimate of drug-likeness (QED) is 0.200. The van der Waals surface area contributed by atoms with Gasteiger partial charge in [0.05, 0.1) is 16.5 Å². The van der Waals surface area contributed by atoms with Crippen LogP contribution < -0.4 is 16.5 Å². The summed E-state index contributed by atoms with van der Waals surface area (Å²) in [6.45, 7) is 0. The number of aromatic nitrogens is 1. The lowest BCUT2D eigenvalue weighted by molar-refractivity contribution is 0.991. The molecule has 5 aromatic rings. The summed E-state index contributed by atoms with van der Waals surface area (Å²) < 4.78 is 2.79. The maximum absolute atomic E-state index is 14.4. The minimum absolute atomic E-state index is 0.134. The molecule has 2 aliphatic rings. The number of fused-ring (bicyclic) bond motifs is 4. The first kappa shape index (κ1) is 23.9. The molecule has 4 aromatic carbocycles. The Morgan fingerprint density at radius 3 is 1.72 bits per heavy atom. The third-order valence-corrected chi connectivity index (χ3v) is 8.66. The van der Waals surface area contributed by atoms with Crippen LogP contribution in [0.1, 0.15) is 0 Å². The molecule has 0 N–H and O–H groups in total. The number of rotatable bonds is 3. The van der Waals surface area contributed by atoms with Crippen molar-refractivity contribution in [1.82, 2.24) is 4.57 Å². The molecular weight excluding hydrogens is 618 g/mol. The van der Waals surface area contributed by atoms with Crippen molar-refractivity contribution in [1.29, 1.82) is 0 Å². The Balaban J connectivity index is 1.86. The van der Waals surface area contributed by atoms with E-state index in [9.17, 15) is 14.4 Å². The maximum Gasteiger partial charge on any atom is 0.266 e. The molecule has 0 spiro atoms. The standard InChI is InChI=1S/C33H17Br2NO3/c34-23-14-6-4-12-20(23)27-22-17-18-9-8-16-25(37)26(18)29(22)28(21-13-5-7-15-24(21)35)31-30(27)32(38)36(33(31)39)19-10-2-1-3-11-19/h1-17H. The van der Waals surface area contributed by atoms with E-state index in [2.05, 4.69) is 31.9 Å². The first-order valence-corrected chi connectivity index (χ1v) is 13.9.